The number of nitrogens with two attached hydrogens (primary N) is 1. The van der Waals surface area contributed by atoms with Crippen molar-refractivity contribution in [1.82, 2.24) is 0 Å². The van der Waals surface area contributed by atoms with Gasteiger partial charge >= 0.3 is 0 Å². The van der Waals surface area contributed by atoms with Crippen molar-refractivity contribution in [2.24, 2.45) is 5.73 Å². The maximum atomic E-state index is 12.2. The summed E-state index contributed by atoms with van der Waals surface area (Å²) in [4.78, 5) is 22.4. The number of halogens is 1. The van der Waals surface area contributed by atoms with E-state index in [1.165, 1.54) is 12.1 Å². The second kappa shape index (κ2) is 7.57. The van der Waals surface area contributed by atoms with E-state index in [0.717, 1.165) is 6.07 Å². The van der Waals surface area contributed by atoms with Gasteiger partial charge in [0.05, 0.1) is 15.5 Å². The smallest absolute Gasteiger partial charge is 0.270 e. The first-order valence-corrected chi connectivity index (χ1v) is 7.07. The summed E-state index contributed by atoms with van der Waals surface area (Å²) in [6, 6.07) is 10.3. The number of ether oxygens (including phenoxy) is 1. The lowest BCUT2D eigenvalue weighted by Gasteiger charge is -2.08. The van der Waals surface area contributed by atoms with Gasteiger partial charge in [0.25, 0.3) is 11.6 Å². The van der Waals surface area contributed by atoms with Crippen molar-refractivity contribution in [3.63, 3.8) is 0 Å². The van der Waals surface area contributed by atoms with Crippen molar-refractivity contribution in [2.75, 3.05) is 18.5 Å². The first-order chi connectivity index (χ1) is 11.0. The third-order valence-corrected chi connectivity index (χ3v) is 3.23. The molecule has 7 nitrogen and oxygen atoms in total. The summed E-state index contributed by atoms with van der Waals surface area (Å²) in [5, 5.41) is 13.5. The van der Waals surface area contributed by atoms with Crippen LogP contribution in [0.1, 0.15) is 10.4 Å². The lowest BCUT2D eigenvalue weighted by Crippen LogP contribution is -2.13. The van der Waals surface area contributed by atoms with Crippen LogP contribution in [-0.2, 0) is 0 Å². The van der Waals surface area contributed by atoms with Crippen molar-refractivity contribution in [3.05, 3.63) is 63.2 Å². The second-order valence-corrected chi connectivity index (χ2v) is 4.94. The molecule has 0 aliphatic heterocycles. The van der Waals surface area contributed by atoms with E-state index < -0.39 is 10.8 Å². The molecule has 0 fully saturated rings. The minimum atomic E-state index is -0.587. The largest absolute Gasteiger partial charge is 0.492 e. The van der Waals surface area contributed by atoms with Gasteiger partial charge in [-0.3, -0.25) is 14.9 Å². The molecule has 0 saturated heterocycles. The van der Waals surface area contributed by atoms with Gasteiger partial charge in [0, 0.05) is 24.4 Å². The molecule has 1 amide bonds. The van der Waals surface area contributed by atoms with Crippen LogP contribution in [0, 0.1) is 10.1 Å². The fourth-order valence-electron chi connectivity index (χ4n) is 1.81. The number of nitro benzene ring substituents is 1. The van der Waals surface area contributed by atoms with Crippen molar-refractivity contribution >= 4 is 28.9 Å². The van der Waals surface area contributed by atoms with Gasteiger partial charge in [-0.15, -0.1) is 0 Å². The minimum absolute atomic E-state index is 0.0318. The molecule has 120 valence electrons. The van der Waals surface area contributed by atoms with E-state index in [1.54, 1.807) is 24.3 Å². The second-order valence-electron chi connectivity index (χ2n) is 4.54. The summed E-state index contributed by atoms with van der Waals surface area (Å²) < 4.78 is 5.33. The lowest BCUT2D eigenvalue weighted by molar-refractivity contribution is -0.384. The number of amides is 1. The molecule has 2 rings (SSSR count). The van der Waals surface area contributed by atoms with Crippen LogP contribution in [-0.4, -0.2) is 24.0 Å². The molecular weight excluding hydrogens is 322 g/mol. The highest BCUT2D eigenvalue weighted by Crippen LogP contribution is 2.23. The Morgan fingerprint density at radius 3 is 2.57 bits per heavy atom. The Morgan fingerprint density at radius 2 is 1.96 bits per heavy atom. The standard InChI is InChI=1S/C15H14ClN3O4/c16-14-6-3-11(19(21)22)9-13(14)15(20)18-10-1-4-12(5-2-10)23-8-7-17/h1-6,9H,7-8,17H2,(H,18,20). The Morgan fingerprint density at radius 1 is 1.26 bits per heavy atom. The zero-order valence-corrected chi connectivity index (χ0v) is 12.7. The van der Waals surface area contributed by atoms with Crippen molar-refractivity contribution in [3.8, 4) is 5.75 Å². The van der Waals surface area contributed by atoms with Crippen LogP contribution in [0.3, 0.4) is 0 Å². The zero-order chi connectivity index (χ0) is 16.8. The fraction of sp³-hybridized carbons (Fsp3) is 0.133. The Bertz CT molecular complexity index is 719. The third kappa shape index (κ3) is 4.41. The highest BCUT2D eigenvalue weighted by Gasteiger charge is 2.16. The van der Waals surface area contributed by atoms with E-state index in [1.807, 2.05) is 0 Å². The van der Waals surface area contributed by atoms with E-state index in [4.69, 9.17) is 22.1 Å². The third-order valence-electron chi connectivity index (χ3n) is 2.90. The monoisotopic (exact) mass is 335 g/mol. The Labute approximate surface area is 137 Å². The molecule has 0 radical (unpaired) electrons. The van der Waals surface area contributed by atoms with Crippen molar-refractivity contribution in [1.29, 1.82) is 0 Å². The highest BCUT2D eigenvalue weighted by molar-refractivity contribution is 6.34. The summed E-state index contributed by atoms with van der Waals surface area (Å²) in [5.74, 6) is 0.0937. The van der Waals surface area contributed by atoms with Gasteiger partial charge in [-0.1, -0.05) is 11.6 Å². The number of carbonyl (C=O) groups excluding carboxylic acids is 1. The molecule has 0 atom stereocenters. The summed E-state index contributed by atoms with van der Waals surface area (Å²) in [6.45, 7) is 0.804. The number of nitrogens with one attached hydrogen (secondary N) is 1. The van der Waals surface area contributed by atoms with E-state index in [2.05, 4.69) is 5.32 Å². The molecule has 0 heterocycles. The van der Waals surface area contributed by atoms with Crippen molar-refractivity contribution in [2.45, 2.75) is 0 Å². The van der Waals surface area contributed by atoms with Crippen LogP contribution in [0.4, 0.5) is 11.4 Å². The van der Waals surface area contributed by atoms with Gasteiger partial charge in [-0.2, -0.15) is 0 Å². The summed E-state index contributed by atoms with van der Waals surface area (Å²) >= 11 is 5.93. The molecule has 0 spiro atoms. The molecule has 2 aromatic rings. The van der Waals surface area contributed by atoms with Crippen LogP contribution in [0.5, 0.6) is 5.75 Å². The van der Waals surface area contributed by atoms with Crippen LogP contribution in [0.2, 0.25) is 5.02 Å². The topological polar surface area (TPSA) is 107 Å². The average Bonchev–Trinajstić information content (AvgIpc) is 2.54. The first kappa shape index (κ1) is 16.7. The number of carbonyl (C=O) groups is 1. The zero-order valence-electron chi connectivity index (χ0n) is 12.0. The number of non-ortho nitro benzene ring substituents is 1. The first-order valence-electron chi connectivity index (χ1n) is 6.69. The SMILES string of the molecule is NCCOc1ccc(NC(=O)c2cc([N+](=O)[O-])ccc2Cl)cc1. The van der Waals surface area contributed by atoms with Gasteiger partial charge in [0.2, 0.25) is 0 Å². The minimum Gasteiger partial charge on any atom is -0.492 e. The van der Waals surface area contributed by atoms with Crippen LogP contribution >= 0.6 is 11.6 Å². The fourth-order valence-corrected chi connectivity index (χ4v) is 2.01. The molecule has 0 aromatic heterocycles. The normalized spacial score (nSPS) is 10.2. The van der Waals surface area contributed by atoms with Crippen molar-refractivity contribution < 1.29 is 14.5 Å². The van der Waals surface area contributed by atoms with Gasteiger partial charge < -0.3 is 15.8 Å². The molecule has 8 heteroatoms. The average molecular weight is 336 g/mol. The molecule has 0 aliphatic rings. The molecule has 0 bridgehead atoms. The number of hydrogen-bond acceptors (Lipinski definition) is 5. The number of nitrogens with zero attached hydrogens (tertiary/aromatic N) is 1. The molecule has 0 saturated carbocycles. The Balaban J connectivity index is 2.12. The van der Waals surface area contributed by atoms with Gasteiger partial charge in [0.15, 0.2) is 0 Å². The predicted molar refractivity (Wildman–Crippen MR) is 87.1 cm³/mol. The van der Waals surface area contributed by atoms with Gasteiger partial charge in [-0.05, 0) is 30.3 Å². The Hall–Kier alpha value is -2.64. The quantitative estimate of drug-likeness (QED) is 0.623. The maximum Gasteiger partial charge on any atom is 0.270 e. The number of hydrogen-bond donors (Lipinski definition) is 2. The number of benzene rings is 2. The van der Waals surface area contributed by atoms with E-state index in [-0.39, 0.29) is 16.3 Å². The lowest BCUT2D eigenvalue weighted by atomic mass is 10.2. The predicted octanol–water partition coefficient (Wildman–Crippen LogP) is 2.84. The van der Waals surface area contributed by atoms with Gasteiger partial charge in [-0.25, -0.2) is 0 Å². The highest BCUT2D eigenvalue weighted by atomic mass is 35.5. The van der Waals surface area contributed by atoms with E-state index in [0.29, 0.717) is 24.6 Å². The van der Waals surface area contributed by atoms with Crippen LogP contribution in [0.15, 0.2) is 42.5 Å². The van der Waals surface area contributed by atoms with Gasteiger partial charge in [0.1, 0.15) is 12.4 Å². The van der Waals surface area contributed by atoms with E-state index >= 15 is 0 Å². The maximum absolute atomic E-state index is 12.2. The number of rotatable bonds is 6. The number of anilines is 1. The summed E-state index contributed by atoms with van der Waals surface area (Å²) in [5.41, 5.74) is 5.68. The van der Waals surface area contributed by atoms with E-state index in [9.17, 15) is 14.9 Å². The number of nitro groups is 1. The molecular formula is C15H14ClN3O4. The summed E-state index contributed by atoms with van der Waals surface area (Å²) in [7, 11) is 0. The molecule has 3 N–H and O–H groups in total. The Kier molecular flexibility index (Phi) is 5.51. The molecule has 2 aromatic carbocycles. The molecule has 23 heavy (non-hydrogen) atoms. The van der Waals surface area contributed by atoms with Crippen LogP contribution < -0.4 is 15.8 Å². The summed E-state index contributed by atoms with van der Waals surface area (Å²) in [6.07, 6.45) is 0. The molecule has 0 aliphatic carbocycles. The van der Waals surface area contributed by atoms with Crippen LogP contribution in [0.25, 0.3) is 0 Å². The molecule has 0 unspecified atom stereocenters.